The van der Waals surface area contributed by atoms with E-state index in [9.17, 15) is 19.5 Å². The van der Waals surface area contributed by atoms with Gasteiger partial charge in [-0.2, -0.15) is 0 Å². The lowest BCUT2D eigenvalue weighted by molar-refractivity contribution is -0.135. The molecule has 0 spiro atoms. The highest BCUT2D eigenvalue weighted by molar-refractivity contribution is 5.90. The second kappa shape index (κ2) is 16.9. The number of allylic oxidation sites excluding steroid dienone is 3. The Kier molecular flexibility index (Phi) is 16.7. The maximum Gasteiger partial charge on any atom is 0.407 e. The van der Waals surface area contributed by atoms with Crippen molar-refractivity contribution in [1.82, 2.24) is 16.0 Å². The quantitative estimate of drug-likeness (QED) is 0.314. The first kappa shape index (κ1) is 33.6. The molecule has 0 aromatic heterocycles. The fourth-order valence-electron chi connectivity index (χ4n) is 2.85. The Balaban J connectivity index is 0. The van der Waals surface area contributed by atoms with E-state index in [2.05, 4.69) is 29.1 Å². The van der Waals surface area contributed by atoms with Crippen molar-refractivity contribution in [1.29, 1.82) is 0 Å². The van der Waals surface area contributed by atoms with Gasteiger partial charge in [0.25, 0.3) is 5.91 Å². The summed E-state index contributed by atoms with van der Waals surface area (Å²) in [6.07, 6.45) is 2.87. The maximum atomic E-state index is 12.9. The number of carbonyl (C=O) groups is 3. The van der Waals surface area contributed by atoms with E-state index in [4.69, 9.17) is 4.74 Å². The van der Waals surface area contributed by atoms with Crippen LogP contribution in [0.3, 0.4) is 0 Å². The number of aliphatic hydroxyl groups excluding tert-OH is 1. The van der Waals surface area contributed by atoms with Crippen LogP contribution in [-0.2, 0) is 14.3 Å². The Morgan fingerprint density at radius 2 is 1.53 bits per heavy atom. The van der Waals surface area contributed by atoms with Gasteiger partial charge in [-0.1, -0.05) is 59.1 Å². The predicted molar refractivity (Wildman–Crippen MR) is 138 cm³/mol. The van der Waals surface area contributed by atoms with Crippen LogP contribution in [0.1, 0.15) is 75.2 Å². The van der Waals surface area contributed by atoms with Crippen molar-refractivity contribution < 1.29 is 24.2 Å². The van der Waals surface area contributed by atoms with Crippen molar-refractivity contribution in [2.75, 3.05) is 0 Å². The first-order valence-electron chi connectivity index (χ1n) is 11.9. The molecule has 0 bridgehead atoms. The van der Waals surface area contributed by atoms with Gasteiger partial charge in [-0.3, -0.25) is 9.59 Å². The number of nitrogens with one attached hydrogen (secondary N) is 3. The van der Waals surface area contributed by atoms with Crippen molar-refractivity contribution in [3.63, 3.8) is 0 Å². The van der Waals surface area contributed by atoms with Crippen molar-refractivity contribution in [2.45, 2.75) is 105 Å². The number of hydrogen-bond donors (Lipinski definition) is 4. The molecule has 3 unspecified atom stereocenters. The molecule has 3 atom stereocenters. The molecule has 34 heavy (non-hydrogen) atoms. The van der Waals surface area contributed by atoms with Gasteiger partial charge in [-0.25, -0.2) is 4.79 Å². The number of aliphatic hydroxyl groups is 1. The van der Waals surface area contributed by atoms with Gasteiger partial charge in [-0.05, 0) is 59.0 Å². The van der Waals surface area contributed by atoms with Crippen molar-refractivity contribution in [2.24, 2.45) is 5.92 Å². The van der Waals surface area contributed by atoms with Crippen LogP contribution in [0.5, 0.6) is 0 Å². The predicted octanol–water partition coefficient (Wildman–Crippen LogP) is 4.01. The van der Waals surface area contributed by atoms with Crippen molar-refractivity contribution >= 4 is 17.9 Å². The number of amides is 3. The molecule has 0 aliphatic rings. The molecular weight excluding hydrogens is 434 g/mol. The first-order valence-corrected chi connectivity index (χ1v) is 11.9. The molecule has 0 heterocycles. The average molecular weight is 482 g/mol. The van der Waals surface area contributed by atoms with Gasteiger partial charge in [0.1, 0.15) is 11.6 Å². The van der Waals surface area contributed by atoms with Crippen LogP contribution in [0.4, 0.5) is 4.79 Å². The Labute approximate surface area is 206 Å². The van der Waals surface area contributed by atoms with E-state index in [1.807, 2.05) is 41.5 Å². The summed E-state index contributed by atoms with van der Waals surface area (Å²) in [7, 11) is 0. The molecule has 8 nitrogen and oxygen atoms in total. The third-order valence-corrected chi connectivity index (χ3v) is 4.17. The number of rotatable bonds is 12. The lowest BCUT2D eigenvalue weighted by atomic mass is 9.98. The molecule has 0 saturated heterocycles. The molecule has 196 valence electrons. The van der Waals surface area contributed by atoms with Crippen molar-refractivity contribution in [3.8, 4) is 0 Å². The molecule has 0 fully saturated rings. The lowest BCUT2D eigenvalue weighted by Crippen LogP contribution is -2.56. The van der Waals surface area contributed by atoms with Crippen LogP contribution in [0.15, 0.2) is 37.0 Å². The summed E-state index contributed by atoms with van der Waals surface area (Å²) in [5.74, 6) is -0.962. The topological polar surface area (TPSA) is 117 Å². The van der Waals surface area contributed by atoms with Gasteiger partial charge < -0.3 is 25.8 Å². The van der Waals surface area contributed by atoms with Crippen LogP contribution in [0, 0.1) is 5.92 Å². The zero-order valence-electron chi connectivity index (χ0n) is 22.5. The maximum absolute atomic E-state index is 12.9. The van der Waals surface area contributed by atoms with Gasteiger partial charge >= 0.3 is 6.09 Å². The Morgan fingerprint density at radius 3 is 1.94 bits per heavy atom. The fourth-order valence-corrected chi connectivity index (χ4v) is 2.85. The van der Waals surface area contributed by atoms with Crippen LogP contribution in [0.2, 0.25) is 0 Å². The molecule has 4 N–H and O–H groups in total. The van der Waals surface area contributed by atoms with Gasteiger partial charge in [0.15, 0.2) is 6.10 Å². The summed E-state index contributed by atoms with van der Waals surface area (Å²) in [5, 5.41) is 18.7. The summed E-state index contributed by atoms with van der Waals surface area (Å²) in [5.41, 5.74) is -0.0960. The van der Waals surface area contributed by atoms with E-state index in [-0.39, 0.29) is 24.3 Å². The highest BCUT2D eigenvalue weighted by atomic mass is 16.6. The molecule has 0 aromatic carbocycles. The molecule has 0 aliphatic carbocycles. The fraction of sp³-hybridized carbons (Fsp3) is 0.654. The van der Waals surface area contributed by atoms with E-state index in [0.29, 0.717) is 12.0 Å². The van der Waals surface area contributed by atoms with Crippen LogP contribution >= 0.6 is 0 Å². The van der Waals surface area contributed by atoms with Gasteiger partial charge in [0.05, 0.1) is 6.04 Å². The number of hydrogen-bond acceptors (Lipinski definition) is 5. The monoisotopic (exact) mass is 481 g/mol. The van der Waals surface area contributed by atoms with Gasteiger partial charge in [0.2, 0.25) is 5.91 Å². The second-order valence-corrected chi connectivity index (χ2v) is 9.44. The van der Waals surface area contributed by atoms with Crippen LogP contribution in [0.25, 0.3) is 0 Å². The highest BCUT2D eigenvalue weighted by Gasteiger charge is 2.32. The van der Waals surface area contributed by atoms with E-state index < -0.39 is 35.8 Å². The normalized spacial score (nSPS) is 14.2. The molecule has 0 aromatic rings. The number of carbonyl (C=O) groups excluding carboxylic acids is 3. The van der Waals surface area contributed by atoms with Crippen LogP contribution < -0.4 is 16.0 Å². The van der Waals surface area contributed by atoms with E-state index in [1.165, 1.54) is 0 Å². The standard InChI is InChI=1S/C24H41N3O5.C2H6/c1-10-12-17(11-2)14-18(27-23(31)32-24(7,8)9)20(28)22(30)26-19(13-15(3)4)21(29)25-16(5)6;1-2/h10-12,15-16,18-20,28H,1-2,13-14H2,3-9H3,(H,25,29)(H,26,30)(H,27,31);1-2H3/b17-12+;. The minimum atomic E-state index is -1.63. The largest absolute Gasteiger partial charge is 0.444 e. The minimum absolute atomic E-state index is 0.0974. The third kappa shape index (κ3) is 15.3. The number of ether oxygens (including phenoxy) is 1. The zero-order valence-corrected chi connectivity index (χ0v) is 22.5. The molecule has 0 rings (SSSR count). The summed E-state index contributed by atoms with van der Waals surface area (Å²) < 4.78 is 5.27. The van der Waals surface area contributed by atoms with E-state index in [0.717, 1.165) is 0 Å². The molecule has 0 aliphatic heterocycles. The lowest BCUT2D eigenvalue weighted by Gasteiger charge is -2.28. The average Bonchev–Trinajstić information content (AvgIpc) is 2.70. The SMILES string of the molecule is C=C/C=C(\C=C)CC(NC(=O)OC(C)(C)C)C(O)C(=O)NC(CC(C)C)C(=O)NC(C)C.CC. The smallest absolute Gasteiger partial charge is 0.407 e. The molecule has 8 heteroatoms. The summed E-state index contributed by atoms with van der Waals surface area (Å²) in [6.45, 7) is 24.0. The van der Waals surface area contributed by atoms with Gasteiger partial charge in [-0.15, -0.1) is 0 Å². The Bertz CT molecular complexity index is 693. The van der Waals surface area contributed by atoms with Crippen LogP contribution in [-0.4, -0.2) is 52.8 Å². The molecule has 0 saturated carbocycles. The summed E-state index contributed by atoms with van der Waals surface area (Å²) in [4.78, 5) is 37.7. The Morgan fingerprint density at radius 1 is 0.971 bits per heavy atom. The second-order valence-electron chi connectivity index (χ2n) is 9.44. The number of alkyl carbamates (subject to hydrolysis) is 1. The van der Waals surface area contributed by atoms with Gasteiger partial charge in [0, 0.05) is 6.04 Å². The van der Waals surface area contributed by atoms with E-state index >= 15 is 0 Å². The zero-order chi connectivity index (χ0) is 27.1. The first-order chi connectivity index (χ1) is 15.7. The van der Waals surface area contributed by atoms with E-state index in [1.54, 1.807) is 39.0 Å². The summed E-state index contributed by atoms with van der Waals surface area (Å²) >= 11 is 0. The highest BCUT2D eigenvalue weighted by Crippen LogP contribution is 2.14. The Hall–Kier alpha value is -2.61. The third-order valence-electron chi connectivity index (χ3n) is 4.17. The molecule has 3 amide bonds. The minimum Gasteiger partial charge on any atom is -0.444 e. The van der Waals surface area contributed by atoms with Crippen molar-refractivity contribution in [3.05, 3.63) is 37.0 Å². The molecule has 0 radical (unpaired) electrons. The molecular formula is C26H47N3O5. The summed E-state index contributed by atoms with van der Waals surface area (Å²) in [6, 6.07) is -1.93.